The van der Waals surface area contributed by atoms with E-state index in [0.29, 0.717) is 6.04 Å². The normalized spacial score (nSPS) is 15.5. The first-order valence-electron chi connectivity index (χ1n) is 8.43. The van der Waals surface area contributed by atoms with Gasteiger partial charge in [0.1, 0.15) is 11.2 Å². The zero-order valence-corrected chi connectivity index (χ0v) is 13.3. The second-order valence-corrected chi connectivity index (χ2v) is 6.31. The molecule has 0 saturated heterocycles. The van der Waals surface area contributed by atoms with E-state index in [1.54, 1.807) is 6.20 Å². The first-order chi connectivity index (χ1) is 11.9. The molecule has 0 aliphatic heterocycles. The summed E-state index contributed by atoms with van der Waals surface area (Å²) < 4.78 is 4.00. The lowest BCUT2D eigenvalue weighted by molar-refractivity contribution is 0.479. The molecule has 1 fully saturated rings. The lowest BCUT2D eigenvalue weighted by Crippen LogP contribution is -2.06. The van der Waals surface area contributed by atoms with Gasteiger partial charge in [-0.2, -0.15) is 10.2 Å². The zero-order chi connectivity index (χ0) is 15.9. The van der Waals surface area contributed by atoms with Crippen molar-refractivity contribution in [1.82, 2.24) is 29.5 Å². The molecule has 0 amide bonds. The monoisotopic (exact) mass is 318 g/mol. The molecule has 1 N–H and O–H groups in total. The minimum Gasteiger partial charge on any atom is -0.334 e. The van der Waals surface area contributed by atoms with Crippen LogP contribution in [0.5, 0.6) is 0 Å². The number of benzene rings is 1. The van der Waals surface area contributed by atoms with Crippen molar-refractivity contribution in [2.75, 3.05) is 0 Å². The van der Waals surface area contributed by atoms with Gasteiger partial charge in [0, 0.05) is 0 Å². The highest BCUT2D eigenvalue weighted by Gasteiger charge is 2.22. The molecule has 0 spiro atoms. The molecule has 1 aliphatic carbocycles. The molecule has 0 atom stereocenters. The van der Waals surface area contributed by atoms with Gasteiger partial charge in [-0.3, -0.25) is 0 Å². The SMILES string of the molecule is c1ccc(-n2nccc2-c2nc3c(cnn3C3CCCC3)[nH]2)cc1. The third kappa shape index (κ3) is 2.06. The van der Waals surface area contributed by atoms with Gasteiger partial charge in [0.15, 0.2) is 11.5 Å². The lowest BCUT2D eigenvalue weighted by Gasteiger charge is -2.09. The fourth-order valence-corrected chi connectivity index (χ4v) is 3.61. The summed E-state index contributed by atoms with van der Waals surface area (Å²) in [6.07, 6.45) is 8.64. The van der Waals surface area contributed by atoms with Crippen molar-refractivity contribution < 1.29 is 0 Å². The highest BCUT2D eigenvalue weighted by Crippen LogP contribution is 2.32. The predicted octanol–water partition coefficient (Wildman–Crippen LogP) is 3.73. The van der Waals surface area contributed by atoms with E-state index < -0.39 is 0 Å². The van der Waals surface area contributed by atoms with Crippen molar-refractivity contribution in [3.05, 3.63) is 48.8 Å². The molecule has 1 aromatic carbocycles. The number of para-hydroxylation sites is 1. The fraction of sp³-hybridized carbons (Fsp3) is 0.278. The van der Waals surface area contributed by atoms with Gasteiger partial charge in [-0.15, -0.1) is 0 Å². The summed E-state index contributed by atoms with van der Waals surface area (Å²) in [4.78, 5) is 8.23. The summed E-state index contributed by atoms with van der Waals surface area (Å²) in [6, 6.07) is 12.6. The third-order valence-corrected chi connectivity index (χ3v) is 4.80. The number of nitrogens with zero attached hydrogens (tertiary/aromatic N) is 5. The van der Waals surface area contributed by atoms with E-state index in [-0.39, 0.29) is 0 Å². The van der Waals surface area contributed by atoms with Crippen LogP contribution in [0.15, 0.2) is 48.8 Å². The molecule has 5 rings (SSSR count). The predicted molar refractivity (Wildman–Crippen MR) is 91.9 cm³/mol. The number of aromatic nitrogens is 6. The average Bonchev–Trinajstić information content (AvgIpc) is 3.37. The summed E-state index contributed by atoms with van der Waals surface area (Å²) >= 11 is 0. The molecule has 3 aromatic heterocycles. The van der Waals surface area contributed by atoms with Gasteiger partial charge in [-0.25, -0.2) is 14.3 Å². The lowest BCUT2D eigenvalue weighted by atomic mass is 10.2. The van der Waals surface area contributed by atoms with E-state index in [2.05, 4.69) is 19.9 Å². The second-order valence-electron chi connectivity index (χ2n) is 6.31. The standard InChI is InChI=1S/C18H18N6/c1-2-6-13(7-3-1)23-16(10-11-19-23)17-21-15-12-20-24(18(15)22-17)14-8-4-5-9-14/h1-3,6-7,10-12,14H,4-5,8-9H2,(H,21,22). The van der Waals surface area contributed by atoms with Gasteiger partial charge in [0.05, 0.1) is 24.1 Å². The highest BCUT2D eigenvalue weighted by atomic mass is 15.3. The molecular formula is C18H18N6. The summed E-state index contributed by atoms with van der Waals surface area (Å²) in [5.74, 6) is 0.829. The number of hydrogen-bond acceptors (Lipinski definition) is 3. The van der Waals surface area contributed by atoms with Crippen LogP contribution in [-0.2, 0) is 0 Å². The van der Waals surface area contributed by atoms with Gasteiger partial charge in [0.2, 0.25) is 0 Å². The molecule has 0 unspecified atom stereocenters. The molecule has 0 radical (unpaired) electrons. The van der Waals surface area contributed by atoms with Crippen LogP contribution in [0.3, 0.4) is 0 Å². The molecular weight excluding hydrogens is 300 g/mol. The number of imidazole rings is 1. The molecule has 4 aromatic rings. The Balaban J connectivity index is 1.60. The minimum absolute atomic E-state index is 0.484. The second kappa shape index (κ2) is 5.33. The van der Waals surface area contributed by atoms with Gasteiger partial charge >= 0.3 is 0 Å². The van der Waals surface area contributed by atoms with Crippen LogP contribution in [-0.4, -0.2) is 29.5 Å². The fourth-order valence-electron chi connectivity index (χ4n) is 3.61. The smallest absolute Gasteiger partial charge is 0.177 e. The van der Waals surface area contributed by atoms with E-state index in [1.807, 2.05) is 47.3 Å². The number of nitrogens with one attached hydrogen (secondary N) is 1. The maximum absolute atomic E-state index is 4.83. The Morgan fingerprint density at radius 1 is 1.00 bits per heavy atom. The van der Waals surface area contributed by atoms with E-state index in [0.717, 1.165) is 28.4 Å². The van der Waals surface area contributed by atoms with Gasteiger partial charge in [-0.1, -0.05) is 31.0 Å². The van der Waals surface area contributed by atoms with Crippen molar-refractivity contribution in [1.29, 1.82) is 0 Å². The highest BCUT2D eigenvalue weighted by molar-refractivity contribution is 5.75. The first kappa shape index (κ1) is 13.5. The Morgan fingerprint density at radius 2 is 1.83 bits per heavy atom. The maximum atomic E-state index is 4.83. The Labute approximate surface area is 139 Å². The third-order valence-electron chi connectivity index (χ3n) is 4.80. The van der Waals surface area contributed by atoms with Crippen LogP contribution in [0.25, 0.3) is 28.4 Å². The van der Waals surface area contributed by atoms with Crippen LogP contribution in [0.2, 0.25) is 0 Å². The van der Waals surface area contributed by atoms with Gasteiger partial charge < -0.3 is 4.98 Å². The Kier molecular flexibility index (Phi) is 3.01. The number of aromatic amines is 1. The van der Waals surface area contributed by atoms with Crippen LogP contribution in [0.1, 0.15) is 31.7 Å². The molecule has 24 heavy (non-hydrogen) atoms. The molecule has 120 valence electrons. The molecule has 0 bridgehead atoms. The van der Waals surface area contributed by atoms with Gasteiger partial charge in [0.25, 0.3) is 0 Å². The van der Waals surface area contributed by atoms with Crippen LogP contribution in [0, 0.1) is 0 Å². The van der Waals surface area contributed by atoms with Crippen LogP contribution in [0.4, 0.5) is 0 Å². The Bertz CT molecular complexity index is 971. The topological polar surface area (TPSA) is 64.3 Å². The number of fused-ring (bicyclic) bond motifs is 1. The molecule has 3 heterocycles. The van der Waals surface area contributed by atoms with Crippen LogP contribution >= 0.6 is 0 Å². The Hall–Kier alpha value is -2.89. The maximum Gasteiger partial charge on any atom is 0.177 e. The molecule has 6 nitrogen and oxygen atoms in total. The largest absolute Gasteiger partial charge is 0.334 e. The molecule has 1 aliphatic rings. The van der Waals surface area contributed by atoms with Crippen molar-refractivity contribution in [2.45, 2.75) is 31.7 Å². The van der Waals surface area contributed by atoms with E-state index in [4.69, 9.17) is 4.98 Å². The minimum atomic E-state index is 0.484. The summed E-state index contributed by atoms with van der Waals surface area (Å²) in [5, 5.41) is 8.99. The van der Waals surface area contributed by atoms with E-state index in [9.17, 15) is 0 Å². The summed E-state index contributed by atoms with van der Waals surface area (Å²) in [7, 11) is 0. The zero-order valence-electron chi connectivity index (χ0n) is 13.3. The Morgan fingerprint density at radius 3 is 2.67 bits per heavy atom. The van der Waals surface area contributed by atoms with E-state index in [1.165, 1.54) is 25.7 Å². The number of rotatable bonds is 3. The van der Waals surface area contributed by atoms with Crippen molar-refractivity contribution in [3.8, 4) is 17.2 Å². The summed E-state index contributed by atoms with van der Waals surface area (Å²) in [5.41, 5.74) is 3.90. The first-order valence-corrected chi connectivity index (χ1v) is 8.43. The van der Waals surface area contributed by atoms with Crippen LogP contribution < -0.4 is 0 Å². The van der Waals surface area contributed by atoms with Crippen molar-refractivity contribution >= 4 is 11.2 Å². The summed E-state index contributed by atoms with van der Waals surface area (Å²) in [6.45, 7) is 0. The quantitative estimate of drug-likeness (QED) is 0.626. The molecule has 6 heteroatoms. The van der Waals surface area contributed by atoms with Gasteiger partial charge in [-0.05, 0) is 31.0 Å². The van der Waals surface area contributed by atoms with E-state index >= 15 is 0 Å². The van der Waals surface area contributed by atoms with Crippen molar-refractivity contribution in [2.24, 2.45) is 0 Å². The van der Waals surface area contributed by atoms with Crippen molar-refractivity contribution in [3.63, 3.8) is 0 Å². The number of hydrogen-bond donors (Lipinski definition) is 1. The average molecular weight is 318 g/mol. The number of H-pyrrole nitrogens is 1. The molecule has 1 saturated carbocycles.